The molecule has 0 spiro atoms. The average Bonchev–Trinajstić information content (AvgIpc) is 2.82. The second-order valence-corrected chi connectivity index (χ2v) is 10.1. The van der Waals surface area contributed by atoms with Crippen molar-refractivity contribution in [3.05, 3.63) is 54.1 Å². The molecule has 3 rings (SSSR count). The van der Waals surface area contributed by atoms with Gasteiger partial charge in [-0.05, 0) is 29.9 Å². The second-order valence-electron chi connectivity index (χ2n) is 7.09. The van der Waals surface area contributed by atoms with Crippen molar-refractivity contribution in [2.45, 2.75) is 11.3 Å². The summed E-state index contributed by atoms with van der Waals surface area (Å²) in [6, 6.07) is 14.7. The van der Waals surface area contributed by atoms with Crippen LogP contribution in [0.4, 0.5) is 0 Å². The van der Waals surface area contributed by atoms with Gasteiger partial charge in [-0.3, -0.25) is 4.79 Å². The third kappa shape index (κ3) is 5.93. The van der Waals surface area contributed by atoms with Crippen LogP contribution in [0.5, 0.6) is 11.5 Å². The number of carbonyl (C=O) groups excluding carboxylic acids is 1. The Balaban J connectivity index is 1.49. The fourth-order valence-electron chi connectivity index (χ4n) is 3.39. The lowest BCUT2D eigenvalue weighted by molar-refractivity contribution is -0.129. The third-order valence-electron chi connectivity index (χ3n) is 5.19. The van der Waals surface area contributed by atoms with Crippen LogP contribution in [-0.4, -0.2) is 75.4 Å². The number of thioether (sulfide) groups is 1. The van der Waals surface area contributed by atoms with Crippen LogP contribution in [0, 0.1) is 0 Å². The first kappa shape index (κ1) is 23.4. The number of methoxy groups -OCH3 is 2. The number of aryl methyl sites for hydroxylation is 1. The SMILES string of the molecule is COc1ccc(S(=O)(=O)N2CCN(C(=O)CSCCc3ccccc3)CC2)cc1OC. The molecule has 0 atom stereocenters. The highest BCUT2D eigenvalue weighted by molar-refractivity contribution is 7.99. The Hall–Kier alpha value is -2.23. The summed E-state index contributed by atoms with van der Waals surface area (Å²) in [6.07, 6.45) is 0.927. The third-order valence-corrected chi connectivity index (χ3v) is 8.03. The Labute approximate surface area is 188 Å². The zero-order valence-corrected chi connectivity index (χ0v) is 19.5. The van der Waals surface area contributed by atoms with E-state index in [9.17, 15) is 13.2 Å². The molecule has 0 radical (unpaired) electrons. The minimum Gasteiger partial charge on any atom is -0.493 e. The van der Waals surface area contributed by atoms with Crippen LogP contribution in [0.25, 0.3) is 0 Å². The highest BCUT2D eigenvalue weighted by atomic mass is 32.2. The van der Waals surface area contributed by atoms with E-state index in [-0.39, 0.29) is 23.9 Å². The first-order valence-corrected chi connectivity index (χ1v) is 12.7. The molecule has 0 aliphatic carbocycles. The number of hydrogen-bond donors (Lipinski definition) is 0. The smallest absolute Gasteiger partial charge is 0.243 e. The highest BCUT2D eigenvalue weighted by Crippen LogP contribution is 2.30. The van der Waals surface area contributed by atoms with Gasteiger partial charge in [0, 0.05) is 32.2 Å². The molecule has 0 N–H and O–H groups in total. The van der Waals surface area contributed by atoms with Crippen LogP contribution in [0.1, 0.15) is 5.56 Å². The lowest BCUT2D eigenvalue weighted by Crippen LogP contribution is -2.51. The quantitative estimate of drug-likeness (QED) is 0.531. The molecular weight excluding hydrogens is 436 g/mol. The van der Waals surface area contributed by atoms with Gasteiger partial charge in [-0.1, -0.05) is 30.3 Å². The molecular formula is C22H28N2O5S2. The maximum Gasteiger partial charge on any atom is 0.243 e. The summed E-state index contributed by atoms with van der Waals surface area (Å²) >= 11 is 1.61. The minimum absolute atomic E-state index is 0.0567. The summed E-state index contributed by atoms with van der Waals surface area (Å²) in [5.41, 5.74) is 1.26. The Bertz CT molecular complexity index is 975. The number of carbonyl (C=O) groups is 1. The van der Waals surface area contributed by atoms with Crippen LogP contribution in [0.2, 0.25) is 0 Å². The zero-order valence-electron chi connectivity index (χ0n) is 17.8. The van der Waals surface area contributed by atoms with Crippen LogP contribution >= 0.6 is 11.8 Å². The second kappa shape index (κ2) is 10.9. The molecule has 168 valence electrons. The lowest BCUT2D eigenvalue weighted by Gasteiger charge is -2.34. The van der Waals surface area contributed by atoms with Crippen molar-refractivity contribution in [2.24, 2.45) is 0 Å². The lowest BCUT2D eigenvalue weighted by atomic mass is 10.2. The van der Waals surface area contributed by atoms with E-state index in [4.69, 9.17) is 9.47 Å². The maximum atomic E-state index is 13.0. The van der Waals surface area contributed by atoms with Gasteiger partial charge in [0.1, 0.15) is 0 Å². The van der Waals surface area contributed by atoms with Gasteiger partial charge >= 0.3 is 0 Å². The molecule has 0 aromatic heterocycles. The Morgan fingerprint density at radius 3 is 2.29 bits per heavy atom. The van der Waals surface area contributed by atoms with Gasteiger partial charge in [-0.25, -0.2) is 8.42 Å². The molecule has 1 amide bonds. The highest BCUT2D eigenvalue weighted by Gasteiger charge is 2.30. The Morgan fingerprint density at radius 1 is 0.968 bits per heavy atom. The van der Waals surface area contributed by atoms with E-state index in [1.807, 2.05) is 18.2 Å². The fraction of sp³-hybridized carbons (Fsp3) is 0.409. The summed E-state index contributed by atoms with van der Waals surface area (Å²) in [5.74, 6) is 2.19. The number of amides is 1. The first-order chi connectivity index (χ1) is 15.0. The predicted molar refractivity (Wildman–Crippen MR) is 122 cm³/mol. The summed E-state index contributed by atoms with van der Waals surface area (Å²) in [4.78, 5) is 14.4. The molecule has 0 bridgehead atoms. The number of ether oxygens (including phenoxy) is 2. The van der Waals surface area contributed by atoms with Gasteiger partial charge < -0.3 is 14.4 Å². The zero-order chi connectivity index (χ0) is 22.3. The number of hydrogen-bond acceptors (Lipinski definition) is 6. The molecule has 2 aromatic rings. The van der Waals surface area contributed by atoms with Crippen LogP contribution in [0.15, 0.2) is 53.4 Å². The standard InChI is InChI=1S/C22H28N2O5S2/c1-28-20-9-8-19(16-21(20)29-2)31(26,27)24-13-11-23(12-14-24)22(25)17-30-15-10-18-6-4-3-5-7-18/h3-9,16H,10-15,17H2,1-2H3. The molecule has 31 heavy (non-hydrogen) atoms. The number of nitrogens with zero attached hydrogens (tertiary/aromatic N) is 2. The van der Waals surface area contributed by atoms with Crippen LogP contribution in [-0.2, 0) is 21.2 Å². The van der Waals surface area contributed by atoms with E-state index in [0.717, 1.165) is 12.2 Å². The largest absolute Gasteiger partial charge is 0.493 e. The van der Waals surface area contributed by atoms with Crippen molar-refractivity contribution in [1.82, 2.24) is 9.21 Å². The predicted octanol–water partition coefficient (Wildman–Crippen LogP) is 2.51. The molecule has 1 heterocycles. The molecule has 0 saturated carbocycles. The van der Waals surface area contributed by atoms with Crippen molar-refractivity contribution in [1.29, 1.82) is 0 Å². The first-order valence-electron chi connectivity index (χ1n) is 10.1. The fourth-order valence-corrected chi connectivity index (χ4v) is 5.71. The molecule has 1 fully saturated rings. The van der Waals surface area contributed by atoms with Gasteiger partial charge in [-0.2, -0.15) is 16.1 Å². The molecule has 9 heteroatoms. The normalized spacial score (nSPS) is 15.0. The molecule has 1 aliphatic heterocycles. The minimum atomic E-state index is -3.67. The van der Waals surface area contributed by atoms with Crippen molar-refractivity contribution in [3.63, 3.8) is 0 Å². The maximum absolute atomic E-state index is 13.0. The van der Waals surface area contributed by atoms with Crippen LogP contribution < -0.4 is 9.47 Å². The summed E-state index contributed by atoms with van der Waals surface area (Å²) < 4.78 is 37.8. The Morgan fingerprint density at radius 2 is 1.65 bits per heavy atom. The van der Waals surface area contributed by atoms with Gasteiger partial charge in [0.25, 0.3) is 0 Å². The summed E-state index contributed by atoms with van der Waals surface area (Å²) in [7, 11) is -0.695. The van der Waals surface area contributed by atoms with Crippen molar-refractivity contribution < 1.29 is 22.7 Å². The molecule has 2 aromatic carbocycles. The van der Waals surface area contributed by atoms with E-state index >= 15 is 0 Å². The van der Waals surface area contributed by atoms with E-state index in [1.165, 1.54) is 36.2 Å². The molecule has 1 aliphatic rings. The number of piperazine rings is 1. The molecule has 7 nitrogen and oxygen atoms in total. The van der Waals surface area contributed by atoms with E-state index in [1.54, 1.807) is 22.7 Å². The monoisotopic (exact) mass is 464 g/mol. The Kier molecular flexibility index (Phi) is 8.22. The number of benzene rings is 2. The summed E-state index contributed by atoms with van der Waals surface area (Å²) in [6.45, 7) is 1.34. The van der Waals surface area contributed by atoms with E-state index in [0.29, 0.717) is 30.3 Å². The van der Waals surface area contributed by atoms with Crippen molar-refractivity contribution >= 4 is 27.7 Å². The summed E-state index contributed by atoms with van der Waals surface area (Å²) in [5, 5.41) is 0. The molecule has 1 saturated heterocycles. The van der Waals surface area contributed by atoms with Crippen molar-refractivity contribution in [3.8, 4) is 11.5 Å². The van der Waals surface area contributed by atoms with Crippen molar-refractivity contribution in [2.75, 3.05) is 51.9 Å². The topological polar surface area (TPSA) is 76.2 Å². The molecule has 0 unspecified atom stereocenters. The van der Waals surface area contributed by atoms with Gasteiger partial charge in [0.15, 0.2) is 11.5 Å². The van der Waals surface area contributed by atoms with Gasteiger partial charge in [-0.15, -0.1) is 0 Å². The van der Waals surface area contributed by atoms with E-state index in [2.05, 4.69) is 12.1 Å². The van der Waals surface area contributed by atoms with E-state index < -0.39 is 10.0 Å². The number of sulfonamides is 1. The van der Waals surface area contributed by atoms with Crippen LogP contribution in [0.3, 0.4) is 0 Å². The average molecular weight is 465 g/mol. The van der Waals surface area contributed by atoms with Gasteiger partial charge in [0.2, 0.25) is 15.9 Å². The van der Waals surface area contributed by atoms with Gasteiger partial charge in [0.05, 0.1) is 24.9 Å². The number of rotatable bonds is 9.